The molecule has 0 aromatic rings. The van der Waals surface area contributed by atoms with Crippen LogP contribution in [0.25, 0.3) is 0 Å². The monoisotopic (exact) mass is 185 g/mol. The largest absolute Gasteiger partial charge is 0.400 e. The molecule has 66 valence electrons. The molecule has 1 N–H and O–H groups in total. The molecule has 0 bridgehead atoms. The Kier molecular flexibility index (Phi) is 3.06. The molecule has 0 aromatic heterocycles. The Balaban J connectivity index is 2.43. The average molecular weight is 185 g/mol. The van der Waals surface area contributed by atoms with Gasteiger partial charge in [0.25, 0.3) is 0 Å². The van der Waals surface area contributed by atoms with E-state index in [2.05, 4.69) is 5.32 Å². The molecule has 0 spiro atoms. The third-order valence-electron chi connectivity index (χ3n) is 1.55. The summed E-state index contributed by atoms with van der Waals surface area (Å²) < 4.78 is 36.2. The fraction of sp³-hybridized carbons (Fsp3) is 1.00. The number of hydrogen-bond donors (Lipinski definition) is 1. The highest BCUT2D eigenvalue weighted by molar-refractivity contribution is 8.00. The van der Waals surface area contributed by atoms with Crippen LogP contribution in [0.1, 0.15) is 6.42 Å². The quantitative estimate of drug-likeness (QED) is 0.615. The molecule has 0 aliphatic carbocycles. The summed E-state index contributed by atoms with van der Waals surface area (Å²) in [6.45, 7) is 1.18. The van der Waals surface area contributed by atoms with Gasteiger partial charge in [0.1, 0.15) is 5.25 Å². The predicted octanol–water partition coefficient (Wildman–Crippen LogP) is 1.64. The number of halogens is 3. The SMILES string of the molecule is FC(F)(F)C1CCNCCS1. The zero-order valence-corrected chi connectivity index (χ0v) is 6.76. The molecule has 0 radical (unpaired) electrons. The molecule has 0 saturated carbocycles. The van der Waals surface area contributed by atoms with Gasteiger partial charge in [-0.1, -0.05) is 0 Å². The smallest absolute Gasteiger partial charge is 0.316 e. The lowest BCUT2D eigenvalue weighted by Gasteiger charge is -2.16. The van der Waals surface area contributed by atoms with Gasteiger partial charge in [-0.25, -0.2) is 0 Å². The van der Waals surface area contributed by atoms with Gasteiger partial charge < -0.3 is 5.32 Å². The van der Waals surface area contributed by atoms with E-state index in [-0.39, 0.29) is 6.42 Å². The second kappa shape index (κ2) is 3.67. The molecular formula is C6H10F3NS. The zero-order valence-electron chi connectivity index (χ0n) is 5.95. The van der Waals surface area contributed by atoms with Crippen LogP contribution < -0.4 is 5.32 Å². The van der Waals surface area contributed by atoms with Gasteiger partial charge in [-0.15, -0.1) is 11.8 Å². The number of nitrogens with one attached hydrogen (secondary N) is 1. The Bertz CT molecular complexity index is 117. The van der Waals surface area contributed by atoms with Crippen LogP contribution in [0.5, 0.6) is 0 Å². The molecule has 1 fully saturated rings. The van der Waals surface area contributed by atoms with Crippen LogP contribution in [0.2, 0.25) is 0 Å². The average Bonchev–Trinajstić information content (AvgIpc) is 2.10. The highest BCUT2D eigenvalue weighted by atomic mass is 32.2. The van der Waals surface area contributed by atoms with E-state index < -0.39 is 11.4 Å². The summed E-state index contributed by atoms with van der Waals surface area (Å²) in [7, 11) is 0. The van der Waals surface area contributed by atoms with Crippen LogP contribution >= 0.6 is 11.8 Å². The van der Waals surface area contributed by atoms with E-state index in [1.165, 1.54) is 0 Å². The predicted molar refractivity (Wildman–Crippen MR) is 39.8 cm³/mol. The maximum absolute atomic E-state index is 12.1. The molecule has 1 aliphatic rings. The van der Waals surface area contributed by atoms with Crippen molar-refractivity contribution in [1.29, 1.82) is 0 Å². The van der Waals surface area contributed by atoms with Gasteiger partial charge in [-0.05, 0) is 13.0 Å². The molecule has 1 atom stereocenters. The van der Waals surface area contributed by atoms with Crippen molar-refractivity contribution in [2.75, 3.05) is 18.8 Å². The highest BCUT2D eigenvalue weighted by Crippen LogP contribution is 2.32. The lowest BCUT2D eigenvalue weighted by molar-refractivity contribution is -0.129. The molecule has 1 unspecified atom stereocenters. The summed E-state index contributed by atoms with van der Waals surface area (Å²) in [5, 5.41) is 1.77. The summed E-state index contributed by atoms with van der Waals surface area (Å²) in [5.74, 6) is 0.560. The molecule has 1 heterocycles. The topological polar surface area (TPSA) is 12.0 Å². The van der Waals surface area contributed by atoms with Gasteiger partial charge in [-0.3, -0.25) is 0 Å². The van der Waals surface area contributed by atoms with Crippen LogP contribution in [0.3, 0.4) is 0 Å². The summed E-state index contributed by atoms with van der Waals surface area (Å²) >= 11 is 1.00. The van der Waals surface area contributed by atoms with Gasteiger partial charge in [0.2, 0.25) is 0 Å². The van der Waals surface area contributed by atoms with Crippen molar-refractivity contribution in [3.05, 3.63) is 0 Å². The van der Waals surface area contributed by atoms with Crippen molar-refractivity contribution in [3.8, 4) is 0 Å². The number of alkyl halides is 3. The van der Waals surface area contributed by atoms with Crippen molar-refractivity contribution in [1.82, 2.24) is 5.32 Å². The maximum Gasteiger partial charge on any atom is 0.400 e. The third kappa shape index (κ3) is 2.91. The molecular weight excluding hydrogens is 175 g/mol. The van der Waals surface area contributed by atoms with E-state index in [9.17, 15) is 13.2 Å². The second-order valence-corrected chi connectivity index (χ2v) is 3.75. The first-order chi connectivity index (χ1) is 5.11. The van der Waals surface area contributed by atoms with Crippen molar-refractivity contribution < 1.29 is 13.2 Å². The Morgan fingerprint density at radius 3 is 2.64 bits per heavy atom. The lowest BCUT2D eigenvalue weighted by atomic mass is 10.3. The van der Waals surface area contributed by atoms with Gasteiger partial charge in [0.15, 0.2) is 0 Å². The minimum Gasteiger partial charge on any atom is -0.316 e. The number of rotatable bonds is 0. The van der Waals surface area contributed by atoms with Crippen LogP contribution in [-0.4, -0.2) is 30.3 Å². The Labute approximate surface area is 67.7 Å². The number of hydrogen-bond acceptors (Lipinski definition) is 2. The van der Waals surface area contributed by atoms with Gasteiger partial charge >= 0.3 is 6.18 Å². The second-order valence-electron chi connectivity index (χ2n) is 2.44. The lowest BCUT2D eigenvalue weighted by Crippen LogP contribution is -2.27. The third-order valence-corrected chi connectivity index (χ3v) is 2.89. The molecule has 0 amide bonds. The van der Waals surface area contributed by atoms with Gasteiger partial charge in [0.05, 0.1) is 0 Å². The van der Waals surface area contributed by atoms with E-state index in [0.29, 0.717) is 18.8 Å². The Hall–Kier alpha value is 0.100. The van der Waals surface area contributed by atoms with E-state index in [1.807, 2.05) is 0 Å². The normalized spacial score (nSPS) is 28.1. The molecule has 1 nitrogen and oxygen atoms in total. The van der Waals surface area contributed by atoms with Crippen LogP contribution in [0.15, 0.2) is 0 Å². The minimum absolute atomic E-state index is 0.203. The first-order valence-electron chi connectivity index (χ1n) is 3.50. The van der Waals surface area contributed by atoms with Crippen LogP contribution in [-0.2, 0) is 0 Å². The van der Waals surface area contributed by atoms with Gasteiger partial charge in [0, 0.05) is 12.3 Å². The standard InChI is InChI=1S/C6H10F3NS/c7-6(8,9)5-1-2-10-3-4-11-5/h5,10H,1-4H2. The summed E-state index contributed by atoms with van der Waals surface area (Å²) in [6, 6.07) is 0. The molecule has 11 heavy (non-hydrogen) atoms. The fourth-order valence-corrected chi connectivity index (χ4v) is 1.99. The van der Waals surface area contributed by atoms with Crippen LogP contribution in [0, 0.1) is 0 Å². The van der Waals surface area contributed by atoms with E-state index >= 15 is 0 Å². The van der Waals surface area contributed by atoms with E-state index in [1.54, 1.807) is 0 Å². The van der Waals surface area contributed by atoms with Crippen molar-refractivity contribution in [2.24, 2.45) is 0 Å². The summed E-state index contributed by atoms with van der Waals surface area (Å²) in [4.78, 5) is 0. The molecule has 5 heteroatoms. The minimum atomic E-state index is -4.02. The molecule has 1 rings (SSSR count). The number of thioether (sulfide) groups is 1. The van der Waals surface area contributed by atoms with Crippen LogP contribution in [0.4, 0.5) is 13.2 Å². The van der Waals surface area contributed by atoms with E-state index in [0.717, 1.165) is 11.8 Å². The highest BCUT2D eigenvalue weighted by Gasteiger charge is 2.39. The Morgan fingerprint density at radius 1 is 1.27 bits per heavy atom. The summed E-state index contributed by atoms with van der Waals surface area (Å²) in [5.41, 5.74) is 0. The zero-order chi connectivity index (χ0) is 8.32. The maximum atomic E-state index is 12.1. The van der Waals surface area contributed by atoms with Gasteiger partial charge in [-0.2, -0.15) is 13.2 Å². The van der Waals surface area contributed by atoms with Crippen molar-refractivity contribution in [2.45, 2.75) is 17.8 Å². The molecule has 0 aromatic carbocycles. The summed E-state index contributed by atoms with van der Waals surface area (Å²) in [6.07, 6.45) is -3.81. The first kappa shape index (κ1) is 9.19. The van der Waals surface area contributed by atoms with E-state index in [4.69, 9.17) is 0 Å². The van der Waals surface area contributed by atoms with Crippen molar-refractivity contribution in [3.63, 3.8) is 0 Å². The molecule has 1 aliphatic heterocycles. The fourth-order valence-electron chi connectivity index (χ4n) is 0.973. The van der Waals surface area contributed by atoms with Crippen molar-refractivity contribution >= 4 is 11.8 Å². The first-order valence-corrected chi connectivity index (χ1v) is 4.54. The molecule has 1 saturated heterocycles. The Morgan fingerprint density at radius 2 is 2.00 bits per heavy atom.